The van der Waals surface area contributed by atoms with Gasteiger partial charge in [0.15, 0.2) is 0 Å². The lowest BCUT2D eigenvalue weighted by molar-refractivity contribution is 0.141. The van der Waals surface area contributed by atoms with E-state index in [1.54, 1.807) is 11.0 Å². The summed E-state index contributed by atoms with van der Waals surface area (Å²) in [7, 11) is 1.82. The van der Waals surface area contributed by atoms with Gasteiger partial charge in [-0.05, 0) is 36.5 Å². The first-order valence-electron chi connectivity index (χ1n) is 7.09. The summed E-state index contributed by atoms with van der Waals surface area (Å²) in [6.45, 7) is 4.48. The number of urea groups is 1. The van der Waals surface area contributed by atoms with E-state index in [0.717, 1.165) is 37.4 Å². The van der Waals surface area contributed by atoms with E-state index in [1.165, 1.54) is 0 Å². The van der Waals surface area contributed by atoms with Gasteiger partial charge in [0.1, 0.15) is 0 Å². The molecule has 0 bridgehead atoms. The van der Waals surface area contributed by atoms with E-state index in [4.69, 9.17) is 5.26 Å². The maximum atomic E-state index is 12.4. The van der Waals surface area contributed by atoms with Crippen molar-refractivity contribution in [1.29, 1.82) is 5.26 Å². The summed E-state index contributed by atoms with van der Waals surface area (Å²) in [5, 5.41) is 8.90. The Morgan fingerprint density at radius 1 is 1.45 bits per heavy atom. The number of piperidine rings is 1. The molecule has 20 heavy (non-hydrogen) atoms. The van der Waals surface area contributed by atoms with E-state index < -0.39 is 0 Å². The second kappa shape index (κ2) is 6.42. The highest BCUT2D eigenvalue weighted by atomic mass is 16.2. The summed E-state index contributed by atoms with van der Waals surface area (Å²) in [5.41, 5.74) is 1.63. The molecule has 1 heterocycles. The van der Waals surface area contributed by atoms with Crippen LogP contribution in [0.15, 0.2) is 24.3 Å². The van der Waals surface area contributed by atoms with Crippen molar-refractivity contribution in [3.8, 4) is 6.07 Å². The third-order valence-corrected chi connectivity index (χ3v) is 3.86. The summed E-state index contributed by atoms with van der Waals surface area (Å²) in [4.78, 5) is 16.0. The predicted molar refractivity (Wildman–Crippen MR) is 78.0 cm³/mol. The highest BCUT2D eigenvalue weighted by molar-refractivity contribution is 5.74. The SMILES string of the molecule is CC1CCN(C(=O)N(C)Cc2cccc(C#N)c2)CC1. The van der Waals surface area contributed by atoms with E-state index in [1.807, 2.05) is 30.1 Å². The van der Waals surface area contributed by atoms with E-state index in [2.05, 4.69) is 13.0 Å². The molecule has 1 saturated heterocycles. The quantitative estimate of drug-likeness (QED) is 0.830. The molecule has 0 radical (unpaired) electrons. The zero-order valence-corrected chi connectivity index (χ0v) is 12.2. The summed E-state index contributed by atoms with van der Waals surface area (Å²) >= 11 is 0. The monoisotopic (exact) mass is 271 g/mol. The number of nitrogens with zero attached hydrogens (tertiary/aromatic N) is 3. The van der Waals surface area contributed by atoms with E-state index in [0.29, 0.717) is 12.1 Å². The molecule has 0 aromatic heterocycles. The van der Waals surface area contributed by atoms with Crippen LogP contribution in [0.5, 0.6) is 0 Å². The summed E-state index contributed by atoms with van der Waals surface area (Å²) in [5.74, 6) is 0.719. The van der Waals surface area contributed by atoms with Crippen molar-refractivity contribution in [3.63, 3.8) is 0 Å². The lowest BCUT2D eigenvalue weighted by atomic mass is 9.99. The fourth-order valence-corrected chi connectivity index (χ4v) is 2.52. The minimum Gasteiger partial charge on any atom is -0.325 e. The van der Waals surface area contributed by atoms with Crippen molar-refractivity contribution in [3.05, 3.63) is 35.4 Å². The highest BCUT2D eigenvalue weighted by Crippen LogP contribution is 2.17. The molecule has 0 N–H and O–H groups in total. The molecule has 1 aliphatic rings. The first-order chi connectivity index (χ1) is 9.60. The Hall–Kier alpha value is -2.02. The van der Waals surface area contributed by atoms with Crippen LogP contribution in [0.25, 0.3) is 0 Å². The van der Waals surface area contributed by atoms with Crippen LogP contribution in [0, 0.1) is 17.2 Å². The molecule has 0 saturated carbocycles. The van der Waals surface area contributed by atoms with Gasteiger partial charge in [-0.3, -0.25) is 0 Å². The molecule has 0 spiro atoms. The maximum Gasteiger partial charge on any atom is 0.320 e. The average molecular weight is 271 g/mol. The van der Waals surface area contributed by atoms with Crippen LogP contribution in [0.2, 0.25) is 0 Å². The lowest BCUT2D eigenvalue weighted by Crippen LogP contribution is -2.44. The van der Waals surface area contributed by atoms with Crippen LogP contribution in [0.4, 0.5) is 4.79 Å². The second-order valence-electron chi connectivity index (χ2n) is 5.62. The Bertz CT molecular complexity index is 513. The molecule has 0 atom stereocenters. The number of hydrogen-bond donors (Lipinski definition) is 0. The summed E-state index contributed by atoms with van der Waals surface area (Å²) < 4.78 is 0. The van der Waals surface area contributed by atoms with Crippen LogP contribution < -0.4 is 0 Å². The normalized spacial score (nSPS) is 15.8. The number of nitriles is 1. The van der Waals surface area contributed by atoms with Gasteiger partial charge in [-0.2, -0.15) is 5.26 Å². The van der Waals surface area contributed by atoms with E-state index >= 15 is 0 Å². The molecule has 1 aliphatic heterocycles. The number of rotatable bonds is 2. The first kappa shape index (κ1) is 14.4. The van der Waals surface area contributed by atoms with Gasteiger partial charge < -0.3 is 9.80 Å². The largest absolute Gasteiger partial charge is 0.325 e. The van der Waals surface area contributed by atoms with Crippen LogP contribution in [-0.2, 0) is 6.54 Å². The number of benzene rings is 1. The lowest BCUT2D eigenvalue weighted by Gasteiger charge is -2.33. The smallest absolute Gasteiger partial charge is 0.320 e. The van der Waals surface area contributed by atoms with E-state index in [9.17, 15) is 4.79 Å². The topological polar surface area (TPSA) is 47.3 Å². The number of carbonyl (C=O) groups is 1. The first-order valence-corrected chi connectivity index (χ1v) is 7.09. The zero-order chi connectivity index (χ0) is 14.5. The highest BCUT2D eigenvalue weighted by Gasteiger charge is 2.22. The third kappa shape index (κ3) is 3.51. The Morgan fingerprint density at radius 3 is 2.80 bits per heavy atom. The van der Waals surface area contributed by atoms with Gasteiger partial charge >= 0.3 is 6.03 Å². The van der Waals surface area contributed by atoms with Gasteiger partial charge in [-0.1, -0.05) is 19.1 Å². The minimum atomic E-state index is 0.0826. The van der Waals surface area contributed by atoms with Crippen molar-refractivity contribution in [2.45, 2.75) is 26.3 Å². The molecular formula is C16H21N3O. The molecule has 0 aliphatic carbocycles. The minimum absolute atomic E-state index is 0.0826. The molecule has 4 nitrogen and oxygen atoms in total. The van der Waals surface area contributed by atoms with Gasteiger partial charge in [0.25, 0.3) is 0 Å². The van der Waals surface area contributed by atoms with Crippen LogP contribution in [-0.4, -0.2) is 36.0 Å². The summed E-state index contributed by atoms with van der Waals surface area (Å²) in [6.07, 6.45) is 2.17. The zero-order valence-electron chi connectivity index (χ0n) is 12.2. The molecule has 0 unspecified atom stereocenters. The maximum absolute atomic E-state index is 12.4. The Balaban J connectivity index is 1.95. The van der Waals surface area contributed by atoms with Crippen LogP contribution >= 0.6 is 0 Å². The predicted octanol–water partition coefficient (Wildman–Crippen LogP) is 2.84. The number of hydrogen-bond acceptors (Lipinski definition) is 2. The van der Waals surface area contributed by atoms with Gasteiger partial charge in [-0.25, -0.2) is 4.79 Å². The van der Waals surface area contributed by atoms with Crippen molar-refractivity contribution in [2.75, 3.05) is 20.1 Å². The molecule has 1 aromatic rings. The fourth-order valence-electron chi connectivity index (χ4n) is 2.52. The standard InChI is InChI=1S/C16H21N3O/c1-13-6-8-19(9-7-13)16(20)18(2)12-15-5-3-4-14(10-15)11-17/h3-5,10,13H,6-9,12H2,1-2H3. The average Bonchev–Trinajstić information content (AvgIpc) is 2.47. The molecule has 2 amide bonds. The van der Waals surface area contributed by atoms with Gasteiger partial charge in [-0.15, -0.1) is 0 Å². The third-order valence-electron chi connectivity index (χ3n) is 3.86. The number of likely N-dealkylation sites (tertiary alicyclic amines) is 1. The Kier molecular flexibility index (Phi) is 4.62. The van der Waals surface area contributed by atoms with E-state index in [-0.39, 0.29) is 6.03 Å². The van der Waals surface area contributed by atoms with Crippen molar-refractivity contribution < 1.29 is 4.79 Å². The molecule has 1 aromatic carbocycles. The molecule has 2 rings (SSSR count). The summed E-state index contributed by atoms with van der Waals surface area (Å²) in [6, 6.07) is 9.62. The molecule has 4 heteroatoms. The Morgan fingerprint density at radius 2 is 2.15 bits per heavy atom. The molecule has 106 valence electrons. The van der Waals surface area contributed by atoms with Crippen molar-refractivity contribution in [2.24, 2.45) is 5.92 Å². The fraction of sp³-hybridized carbons (Fsp3) is 0.500. The van der Waals surface area contributed by atoms with Gasteiger partial charge in [0, 0.05) is 26.7 Å². The number of amides is 2. The Labute approximate surface area is 120 Å². The van der Waals surface area contributed by atoms with Gasteiger partial charge in [0.05, 0.1) is 11.6 Å². The second-order valence-corrected chi connectivity index (χ2v) is 5.62. The van der Waals surface area contributed by atoms with Crippen LogP contribution in [0.1, 0.15) is 30.9 Å². The molecule has 1 fully saturated rings. The van der Waals surface area contributed by atoms with Crippen LogP contribution in [0.3, 0.4) is 0 Å². The van der Waals surface area contributed by atoms with Crippen molar-refractivity contribution >= 4 is 6.03 Å². The van der Waals surface area contributed by atoms with Gasteiger partial charge in [0.2, 0.25) is 0 Å². The van der Waals surface area contributed by atoms with Crippen molar-refractivity contribution in [1.82, 2.24) is 9.80 Å². The molecular weight excluding hydrogens is 250 g/mol. The number of carbonyl (C=O) groups excluding carboxylic acids is 1.